The van der Waals surface area contributed by atoms with Crippen molar-refractivity contribution >= 4 is 22.7 Å². The summed E-state index contributed by atoms with van der Waals surface area (Å²) in [5, 5.41) is 10.2. The summed E-state index contributed by atoms with van der Waals surface area (Å²) in [6.07, 6.45) is -0.214. The number of carbonyl (C=O) groups is 2. The quantitative estimate of drug-likeness (QED) is 0.476. The number of Topliss-reactive ketones (excluding diaryl/α,β-unsaturated/α-hetero) is 1. The fourth-order valence-electron chi connectivity index (χ4n) is 4.05. The SMILES string of the molecule is Cc1ccc([C@H]2CC(=O)c3c(nc4ccccc4c3-c3cccc(C(=O)O)c3)O2)cc1. The normalized spacial score (nSPS) is 15.4. The Hall–Kier alpha value is -3.99. The van der Waals surface area contributed by atoms with Crippen LogP contribution in [0, 0.1) is 6.92 Å². The van der Waals surface area contributed by atoms with Gasteiger partial charge >= 0.3 is 5.97 Å². The number of hydrogen-bond donors (Lipinski definition) is 1. The van der Waals surface area contributed by atoms with Gasteiger partial charge < -0.3 is 9.84 Å². The fraction of sp³-hybridized carbons (Fsp3) is 0.115. The van der Waals surface area contributed by atoms with Gasteiger partial charge in [-0.15, -0.1) is 0 Å². The molecular weight excluding hydrogens is 390 g/mol. The Balaban J connectivity index is 1.72. The zero-order chi connectivity index (χ0) is 21.5. The maximum absolute atomic E-state index is 13.4. The molecule has 31 heavy (non-hydrogen) atoms. The van der Waals surface area contributed by atoms with Gasteiger partial charge in [0, 0.05) is 10.9 Å². The number of benzene rings is 3. The molecule has 0 bridgehead atoms. The number of aryl methyl sites for hydroxylation is 1. The van der Waals surface area contributed by atoms with Crippen LogP contribution in [0.2, 0.25) is 0 Å². The number of hydrogen-bond acceptors (Lipinski definition) is 4. The predicted octanol–water partition coefficient (Wildman–Crippen LogP) is 5.61. The van der Waals surface area contributed by atoms with Crippen LogP contribution < -0.4 is 4.74 Å². The zero-order valence-corrected chi connectivity index (χ0v) is 16.8. The molecule has 5 nitrogen and oxygen atoms in total. The summed E-state index contributed by atoms with van der Waals surface area (Å²) < 4.78 is 6.23. The molecule has 3 aromatic carbocycles. The number of fused-ring (bicyclic) bond motifs is 2. The van der Waals surface area contributed by atoms with Crippen LogP contribution in [0.1, 0.15) is 44.4 Å². The van der Waals surface area contributed by atoms with E-state index < -0.39 is 12.1 Å². The highest BCUT2D eigenvalue weighted by Crippen LogP contribution is 2.42. The van der Waals surface area contributed by atoms with E-state index in [1.807, 2.05) is 61.5 Å². The molecule has 1 N–H and O–H groups in total. The molecule has 2 heterocycles. The molecule has 0 radical (unpaired) electrons. The number of aromatic carboxylic acids is 1. The summed E-state index contributed by atoms with van der Waals surface area (Å²) in [4.78, 5) is 29.5. The highest BCUT2D eigenvalue weighted by Gasteiger charge is 2.32. The first kappa shape index (κ1) is 19.0. The smallest absolute Gasteiger partial charge is 0.335 e. The second-order valence-corrected chi connectivity index (χ2v) is 7.71. The lowest BCUT2D eigenvalue weighted by Crippen LogP contribution is -2.22. The minimum atomic E-state index is -1.02. The second-order valence-electron chi connectivity index (χ2n) is 7.71. The van der Waals surface area contributed by atoms with Crippen molar-refractivity contribution in [1.29, 1.82) is 0 Å². The lowest BCUT2D eigenvalue weighted by Gasteiger charge is -2.27. The van der Waals surface area contributed by atoms with Crippen molar-refractivity contribution in [3.63, 3.8) is 0 Å². The molecule has 1 aliphatic rings. The number of para-hydroxylation sites is 1. The minimum Gasteiger partial charge on any atom is -0.478 e. The van der Waals surface area contributed by atoms with E-state index in [-0.39, 0.29) is 23.6 Å². The maximum Gasteiger partial charge on any atom is 0.335 e. The Kier molecular flexibility index (Phi) is 4.51. The van der Waals surface area contributed by atoms with Crippen LogP contribution >= 0.6 is 0 Å². The van der Waals surface area contributed by atoms with Gasteiger partial charge in [0.25, 0.3) is 0 Å². The van der Waals surface area contributed by atoms with E-state index >= 15 is 0 Å². The van der Waals surface area contributed by atoms with Gasteiger partial charge in [0.05, 0.1) is 23.1 Å². The molecule has 4 aromatic rings. The van der Waals surface area contributed by atoms with Crippen molar-refractivity contribution in [2.24, 2.45) is 0 Å². The first-order valence-electron chi connectivity index (χ1n) is 10.0. The summed E-state index contributed by atoms with van der Waals surface area (Å²) in [5.41, 5.74) is 4.63. The molecule has 0 amide bonds. The molecule has 1 aliphatic heterocycles. The largest absolute Gasteiger partial charge is 0.478 e. The van der Waals surface area contributed by atoms with Crippen molar-refractivity contribution in [2.75, 3.05) is 0 Å². The molecule has 0 saturated heterocycles. The number of ether oxygens (including phenoxy) is 1. The molecule has 0 saturated carbocycles. The van der Waals surface area contributed by atoms with E-state index in [2.05, 4.69) is 4.98 Å². The van der Waals surface area contributed by atoms with Crippen molar-refractivity contribution < 1.29 is 19.4 Å². The number of carboxylic acid groups (broad SMARTS) is 1. The third-order valence-corrected chi connectivity index (χ3v) is 5.61. The Morgan fingerprint density at radius 1 is 1.00 bits per heavy atom. The van der Waals surface area contributed by atoms with Crippen molar-refractivity contribution in [2.45, 2.75) is 19.4 Å². The average Bonchev–Trinajstić information content (AvgIpc) is 2.78. The van der Waals surface area contributed by atoms with E-state index in [9.17, 15) is 14.7 Å². The Morgan fingerprint density at radius 2 is 1.77 bits per heavy atom. The highest BCUT2D eigenvalue weighted by molar-refractivity contribution is 6.12. The predicted molar refractivity (Wildman–Crippen MR) is 118 cm³/mol. The molecule has 0 aliphatic carbocycles. The minimum absolute atomic E-state index is 0.0687. The molecule has 5 heteroatoms. The van der Waals surface area contributed by atoms with Crippen molar-refractivity contribution in [3.05, 3.63) is 95.1 Å². The van der Waals surface area contributed by atoms with Crippen LogP contribution in [0.15, 0.2) is 72.8 Å². The van der Waals surface area contributed by atoms with Gasteiger partial charge in [0.1, 0.15) is 6.10 Å². The van der Waals surface area contributed by atoms with Gasteiger partial charge in [0.15, 0.2) is 5.78 Å². The van der Waals surface area contributed by atoms with Crippen molar-refractivity contribution in [1.82, 2.24) is 4.98 Å². The van der Waals surface area contributed by atoms with Crippen LogP contribution in [-0.4, -0.2) is 21.8 Å². The molecule has 152 valence electrons. The Bertz CT molecular complexity index is 1340. The number of carboxylic acids is 1. The lowest BCUT2D eigenvalue weighted by atomic mass is 9.89. The summed E-state index contributed by atoms with van der Waals surface area (Å²) in [5.74, 6) is -0.798. The first-order chi connectivity index (χ1) is 15.0. The first-order valence-corrected chi connectivity index (χ1v) is 10.0. The van der Waals surface area contributed by atoms with Gasteiger partial charge in [0.2, 0.25) is 5.88 Å². The summed E-state index contributed by atoms with van der Waals surface area (Å²) in [7, 11) is 0. The van der Waals surface area contributed by atoms with Crippen LogP contribution in [0.5, 0.6) is 5.88 Å². The van der Waals surface area contributed by atoms with E-state index in [1.54, 1.807) is 12.1 Å². The Labute approximate surface area is 178 Å². The number of rotatable bonds is 3. The maximum atomic E-state index is 13.4. The standard InChI is InChI=1S/C26H19NO4/c1-15-9-11-16(12-10-15)22-14-21(28)24-23(17-5-4-6-18(13-17)26(29)30)19-7-2-3-8-20(19)27-25(24)31-22/h2-13,22H,14H2,1H3,(H,29,30)/t22-/m1/s1. The number of nitrogens with zero attached hydrogens (tertiary/aromatic N) is 1. The fourth-order valence-corrected chi connectivity index (χ4v) is 4.05. The monoisotopic (exact) mass is 409 g/mol. The molecular formula is C26H19NO4. The second kappa shape index (κ2) is 7.36. The van der Waals surface area contributed by atoms with Crippen LogP contribution in [-0.2, 0) is 0 Å². The van der Waals surface area contributed by atoms with Gasteiger partial charge in [-0.1, -0.05) is 60.2 Å². The van der Waals surface area contributed by atoms with E-state index in [4.69, 9.17) is 4.74 Å². The molecule has 1 aromatic heterocycles. The van der Waals surface area contributed by atoms with Crippen LogP contribution in [0.25, 0.3) is 22.0 Å². The lowest BCUT2D eigenvalue weighted by molar-refractivity contribution is 0.0696. The number of pyridine rings is 1. The molecule has 5 rings (SSSR count). The summed E-state index contributed by atoms with van der Waals surface area (Å²) in [6.45, 7) is 2.01. The van der Waals surface area contributed by atoms with E-state index in [1.165, 1.54) is 6.07 Å². The summed E-state index contributed by atoms with van der Waals surface area (Å²) in [6, 6.07) is 22.1. The molecule has 0 unspecified atom stereocenters. The zero-order valence-electron chi connectivity index (χ0n) is 16.8. The topological polar surface area (TPSA) is 76.5 Å². The van der Waals surface area contributed by atoms with Gasteiger partial charge in [-0.3, -0.25) is 4.79 Å². The third kappa shape index (κ3) is 3.34. The van der Waals surface area contributed by atoms with E-state index in [0.717, 1.165) is 16.5 Å². The molecule has 0 spiro atoms. The third-order valence-electron chi connectivity index (χ3n) is 5.61. The van der Waals surface area contributed by atoms with Gasteiger partial charge in [-0.2, -0.15) is 0 Å². The number of carbonyl (C=O) groups excluding carboxylic acids is 1. The molecule has 0 fully saturated rings. The van der Waals surface area contributed by atoms with Crippen molar-refractivity contribution in [3.8, 4) is 17.0 Å². The van der Waals surface area contributed by atoms with Gasteiger partial charge in [-0.05, 0) is 36.2 Å². The highest BCUT2D eigenvalue weighted by atomic mass is 16.5. The van der Waals surface area contributed by atoms with Crippen LogP contribution in [0.3, 0.4) is 0 Å². The average molecular weight is 409 g/mol. The number of aromatic nitrogens is 1. The van der Waals surface area contributed by atoms with Crippen LogP contribution in [0.4, 0.5) is 0 Å². The van der Waals surface area contributed by atoms with E-state index in [0.29, 0.717) is 22.2 Å². The number of ketones is 1. The molecule has 1 atom stereocenters. The summed E-state index contributed by atoms with van der Waals surface area (Å²) >= 11 is 0. The Morgan fingerprint density at radius 3 is 2.55 bits per heavy atom. The van der Waals surface area contributed by atoms with Gasteiger partial charge in [-0.25, -0.2) is 9.78 Å².